The third-order valence-electron chi connectivity index (χ3n) is 3.77. The first-order chi connectivity index (χ1) is 10.1. The second-order valence-corrected chi connectivity index (χ2v) is 6.61. The fraction of sp³-hybridized carbons (Fsp3) is 0.333. The SMILES string of the molecule is COc1ccc(C(N)C(C)SCc2ccccc2C)cc1. The van der Waals surface area contributed by atoms with Crippen LogP contribution < -0.4 is 10.5 Å². The highest BCUT2D eigenvalue weighted by molar-refractivity contribution is 7.99. The minimum atomic E-state index is 0.0323. The van der Waals surface area contributed by atoms with Gasteiger partial charge >= 0.3 is 0 Å². The van der Waals surface area contributed by atoms with Crippen molar-refractivity contribution in [2.24, 2.45) is 5.73 Å². The Balaban J connectivity index is 1.95. The highest BCUT2D eigenvalue weighted by Crippen LogP contribution is 2.28. The third kappa shape index (κ3) is 4.26. The van der Waals surface area contributed by atoms with E-state index in [1.807, 2.05) is 36.0 Å². The highest BCUT2D eigenvalue weighted by atomic mass is 32.2. The lowest BCUT2D eigenvalue weighted by Gasteiger charge is -2.20. The van der Waals surface area contributed by atoms with Gasteiger partial charge in [-0.05, 0) is 35.7 Å². The largest absolute Gasteiger partial charge is 0.497 e. The molecule has 21 heavy (non-hydrogen) atoms. The summed E-state index contributed by atoms with van der Waals surface area (Å²) in [6, 6.07) is 16.6. The molecule has 0 spiro atoms. The van der Waals surface area contributed by atoms with Crippen LogP contribution in [0.25, 0.3) is 0 Å². The maximum Gasteiger partial charge on any atom is 0.118 e. The number of thioether (sulfide) groups is 1. The number of ether oxygens (including phenoxy) is 1. The summed E-state index contributed by atoms with van der Waals surface area (Å²) in [5.41, 5.74) is 10.3. The van der Waals surface area contributed by atoms with Gasteiger partial charge in [0.1, 0.15) is 5.75 Å². The van der Waals surface area contributed by atoms with Gasteiger partial charge in [0.25, 0.3) is 0 Å². The molecule has 0 bridgehead atoms. The van der Waals surface area contributed by atoms with Crippen LogP contribution in [0, 0.1) is 6.92 Å². The molecule has 0 aliphatic heterocycles. The van der Waals surface area contributed by atoms with Gasteiger partial charge < -0.3 is 10.5 Å². The lowest BCUT2D eigenvalue weighted by molar-refractivity contribution is 0.414. The Morgan fingerprint density at radius 3 is 2.38 bits per heavy atom. The smallest absolute Gasteiger partial charge is 0.118 e. The van der Waals surface area contributed by atoms with Crippen LogP contribution in [0.1, 0.15) is 29.7 Å². The van der Waals surface area contributed by atoms with Crippen LogP contribution in [0.4, 0.5) is 0 Å². The molecule has 0 fully saturated rings. The molecule has 2 rings (SSSR count). The Kier molecular flexibility index (Phi) is 5.71. The highest BCUT2D eigenvalue weighted by Gasteiger charge is 2.15. The molecule has 0 saturated heterocycles. The summed E-state index contributed by atoms with van der Waals surface area (Å²) in [4.78, 5) is 0. The molecule has 2 aromatic carbocycles. The van der Waals surface area contributed by atoms with Gasteiger partial charge in [0.15, 0.2) is 0 Å². The molecule has 2 aromatic rings. The van der Waals surface area contributed by atoms with Gasteiger partial charge in [0.05, 0.1) is 7.11 Å². The van der Waals surface area contributed by atoms with E-state index in [2.05, 4.69) is 38.1 Å². The molecule has 112 valence electrons. The third-order valence-corrected chi connectivity index (χ3v) is 5.07. The summed E-state index contributed by atoms with van der Waals surface area (Å²) in [5.74, 6) is 1.86. The van der Waals surface area contributed by atoms with Gasteiger partial charge in [0, 0.05) is 17.0 Å². The second kappa shape index (κ2) is 7.53. The summed E-state index contributed by atoms with van der Waals surface area (Å²) in [7, 11) is 1.68. The van der Waals surface area contributed by atoms with Gasteiger partial charge in [-0.25, -0.2) is 0 Å². The Morgan fingerprint density at radius 1 is 1.10 bits per heavy atom. The van der Waals surface area contributed by atoms with Crippen molar-refractivity contribution in [3.8, 4) is 5.75 Å². The molecule has 0 saturated carbocycles. The molecular weight excluding hydrogens is 278 g/mol. The number of rotatable bonds is 6. The van der Waals surface area contributed by atoms with Gasteiger partial charge in [-0.2, -0.15) is 11.8 Å². The van der Waals surface area contributed by atoms with Crippen LogP contribution in [0.5, 0.6) is 5.75 Å². The Morgan fingerprint density at radius 2 is 1.76 bits per heavy atom. The summed E-state index contributed by atoms with van der Waals surface area (Å²) < 4.78 is 5.18. The molecule has 2 nitrogen and oxygen atoms in total. The van der Waals surface area contributed by atoms with Crippen molar-refractivity contribution in [1.82, 2.24) is 0 Å². The summed E-state index contributed by atoms with van der Waals surface area (Å²) >= 11 is 1.90. The van der Waals surface area contributed by atoms with Gasteiger partial charge in [-0.15, -0.1) is 0 Å². The zero-order chi connectivity index (χ0) is 15.2. The number of benzene rings is 2. The van der Waals surface area contributed by atoms with Crippen LogP contribution in [0.15, 0.2) is 48.5 Å². The monoisotopic (exact) mass is 301 g/mol. The standard InChI is InChI=1S/C18H23NOS/c1-13-6-4-5-7-16(13)12-21-14(2)18(19)15-8-10-17(20-3)11-9-15/h4-11,14,18H,12,19H2,1-3H3. The van der Waals surface area contributed by atoms with E-state index in [-0.39, 0.29) is 6.04 Å². The van der Waals surface area contributed by atoms with Crippen molar-refractivity contribution in [3.63, 3.8) is 0 Å². The second-order valence-electron chi connectivity index (χ2n) is 5.24. The Bertz CT molecular complexity index is 568. The molecule has 0 amide bonds. The van der Waals surface area contributed by atoms with E-state index in [4.69, 9.17) is 10.5 Å². The molecule has 2 N–H and O–H groups in total. The van der Waals surface area contributed by atoms with Crippen LogP contribution in [0.3, 0.4) is 0 Å². The average molecular weight is 301 g/mol. The molecular formula is C18H23NOS. The van der Waals surface area contributed by atoms with Crippen molar-refractivity contribution in [2.75, 3.05) is 7.11 Å². The van der Waals surface area contributed by atoms with Gasteiger partial charge in [0.2, 0.25) is 0 Å². The van der Waals surface area contributed by atoms with Crippen molar-refractivity contribution in [3.05, 3.63) is 65.2 Å². The minimum absolute atomic E-state index is 0.0323. The fourth-order valence-corrected chi connectivity index (χ4v) is 3.32. The maximum absolute atomic E-state index is 6.37. The first-order valence-corrected chi connectivity index (χ1v) is 8.22. The van der Waals surface area contributed by atoms with Crippen molar-refractivity contribution >= 4 is 11.8 Å². The Labute approximate surface area is 131 Å². The average Bonchev–Trinajstić information content (AvgIpc) is 2.53. The van der Waals surface area contributed by atoms with E-state index in [1.54, 1.807) is 7.11 Å². The van der Waals surface area contributed by atoms with Gasteiger partial charge in [-0.3, -0.25) is 0 Å². The molecule has 0 heterocycles. The van der Waals surface area contributed by atoms with Crippen LogP contribution >= 0.6 is 11.8 Å². The van der Waals surface area contributed by atoms with E-state index < -0.39 is 0 Å². The summed E-state index contributed by atoms with van der Waals surface area (Å²) in [6.45, 7) is 4.35. The van der Waals surface area contributed by atoms with E-state index in [1.165, 1.54) is 11.1 Å². The lowest BCUT2D eigenvalue weighted by Crippen LogP contribution is -2.21. The maximum atomic E-state index is 6.37. The Hall–Kier alpha value is -1.45. The first-order valence-electron chi connectivity index (χ1n) is 7.17. The summed E-state index contributed by atoms with van der Waals surface area (Å²) in [6.07, 6.45) is 0. The minimum Gasteiger partial charge on any atom is -0.497 e. The number of hydrogen-bond donors (Lipinski definition) is 1. The fourth-order valence-electron chi connectivity index (χ4n) is 2.19. The predicted molar refractivity (Wildman–Crippen MR) is 91.9 cm³/mol. The number of methoxy groups -OCH3 is 1. The zero-order valence-corrected chi connectivity index (χ0v) is 13.7. The lowest BCUT2D eigenvalue weighted by atomic mass is 10.1. The van der Waals surface area contributed by atoms with E-state index in [9.17, 15) is 0 Å². The van der Waals surface area contributed by atoms with E-state index in [0.29, 0.717) is 5.25 Å². The topological polar surface area (TPSA) is 35.2 Å². The molecule has 2 atom stereocenters. The number of nitrogens with two attached hydrogens (primary N) is 1. The molecule has 2 unspecified atom stereocenters. The number of hydrogen-bond acceptors (Lipinski definition) is 3. The van der Waals surface area contributed by atoms with Gasteiger partial charge in [-0.1, -0.05) is 43.3 Å². The molecule has 3 heteroatoms. The van der Waals surface area contributed by atoms with E-state index >= 15 is 0 Å². The molecule has 0 aliphatic carbocycles. The zero-order valence-electron chi connectivity index (χ0n) is 12.9. The van der Waals surface area contributed by atoms with Crippen LogP contribution in [0.2, 0.25) is 0 Å². The van der Waals surface area contributed by atoms with Crippen molar-refractivity contribution < 1.29 is 4.74 Å². The van der Waals surface area contributed by atoms with Crippen molar-refractivity contribution in [1.29, 1.82) is 0 Å². The van der Waals surface area contributed by atoms with Crippen LogP contribution in [-0.2, 0) is 5.75 Å². The van der Waals surface area contributed by atoms with Crippen LogP contribution in [-0.4, -0.2) is 12.4 Å². The summed E-state index contributed by atoms with van der Waals surface area (Å²) in [5, 5.41) is 0.359. The molecule has 0 aliphatic rings. The van der Waals surface area contributed by atoms with E-state index in [0.717, 1.165) is 17.1 Å². The molecule has 0 aromatic heterocycles. The predicted octanol–water partition coefficient (Wildman–Crippen LogP) is 4.33. The quantitative estimate of drug-likeness (QED) is 0.862. The molecule has 0 radical (unpaired) electrons. The number of aryl methyl sites for hydroxylation is 1. The van der Waals surface area contributed by atoms with Crippen molar-refractivity contribution in [2.45, 2.75) is 30.9 Å². The first kappa shape index (κ1) is 15.9. The normalized spacial score (nSPS) is 13.7.